The standard InChI is InChI=1S/C14H17N7O/c1-3-11-16-8(2)17-14(19-11)20-12-10(6-7-15-21-12)13(22)18-9-4-5-9/h6-7,9H,3-5H2,1-2H3,(H,18,22)(H,16,17,19,20,21). The fraction of sp³-hybridized carbons (Fsp3) is 0.429. The molecule has 0 radical (unpaired) electrons. The van der Waals surface area contributed by atoms with Crippen LogP contribution in [0.3, 0.4) is 0 Å². The molecule has 2 N–H and O–H groups in total. The highest BCUT2D eigenvalue weighted by Gasteiger charge is 2.25. The van der Waals surface area contributed by atoms with Crippen LogP contribution in [0.15, 0.2) is 12.3 Å². The van der Waals surface area contributed by atoms with Gasteiger partial charge in [-0.25, -0.2) is 4.98 Å². The topological polar surface area (TPSA) is 106 Å². The number of carbonyl (C=O) groups excluding carboxylic acids is 1. The lowest BCUT2D eigenvalue weighted by Gasteiger charge is -2.09. The molecule has 0 bridgehead atoms. The Hall–Kier alpha value is -2.64. The smallest absolute Gasteiger partial charge is 0.255 e. The van der Waals surface area contributed by atoms with E-state index < -0.39 is 0 Å². The van der Waals surface area contributed by atoms with Gasteiger partial charge in [0.2, 0.25) is 5.95 Å². The van der Waals surface area contributed by atoms with E-state index in [0.717, 1.165) is 12.8 Å². The van der Waals surface area contributed by atoms with Gasteiger partial charge >= 0.3 is 0 Å². The zero-order valence-electron chi connectivity index (χ0n) is 12.5. The molecule has 114 valence electrons. The van der Waals surface area contributed by atoms with Crippen LogP contribution in [0.25, 0.3) is 0 Å². The third kappa shape index (κ3) is 3.33. The van der Waals surface area contributed by atoms with Crippen LogP contribution >= 0.6 is 0 Å². The summed E-state index contributed by atoms with van der Waals surface area (Å²) in [5.41, 5.74) is 0.429. The summed E-state index contributed by atoms with van der Waals surface area (Å²) >= 11 is 0. The molecule has 22 heavy (non-hydrogen) atoms. The average Bonchev–Trinajstić information content (AvgIpc) is 3.31. The summed E-state index contributed by atoms with van der Waals surface area (Å²) in [6.45, 7) is 3.76. The minimum absolute atomic E-state index is 0.165. The number of aromatic nitrogens is 5. The van der Waals surface area contributed by atoms with Crippen LogP contribution in [0.2, 0.25) is 0 Å². The average molecular weight is 299 g/mol. The quantitative estimate of drug-likeness (QED) is 0.853. The van der Waals surface area contributed by atoms with E-state index in [4.69, 9.17) is 0 Å². The zero-order chi connectivity index (χ0) is 15.5. The van der Waals surface area contributed by atoms with Crippen LogP contribution in [0.4, 0.5) is 11.8 Å². The van der Waals surface area contributed by atoms with Gasteiger partial charge in [-0.1, -0.05) is 6.92 Å². The van der Waals surface area contributed by atoms with E-state index in [2.05, 4.69) is 35.8 Å². The SMILES string of the molecule is CCc1nc(C)nc(Nc2nnccc2C(=O)NC2CC2)n1. The molecule has 0 saturated heterocycles. The Balaban J connectivity index is 1.85. The van der Waals surface area contributed by atoms with E-state index in [1.807, 2.05) is 6.92 Å². The number of hydrogen-bond acceptors (Lipinski definition) is 7. The summed E-state index contributed by atoms with van der Waals surface area (Å²) < 4.78 is 0. The fourth-order valence-electron chi connectivity index (χ4n) is 1.96. The minimum atomic E-state index is -0.165. The molecule has 0 aromatic carbocycles. The van der Waals surface area contributed by atoms with E-state index in [1.54, 1.807) is 13.0 Å². The Bertz CT molecular complexity index is 699. The third-order valence-corrected chi connectivity index (χ3v) is 3.22. The molecule has 0 aliphatic heterocycles. The molecule has 2 aromatic heterocycles. The molecule has 1 aliphatic carbocycles. The van der Waals surface area contributed by atoms with Crippen LogP contribution < -0.4 is 10.6 Å². The Morgan fingerprint density at radius 3 is 2.86 bits per heavy atom. The van der Waals surface area contributed by atoms with E-state index in [9.17, 15) is 4.79 Å². The Kier molecular flexibility index (Phi) is 3.90. The summed E-state index contributed by atoms with van der Waals surface area (Å²) in [6, 6.07) is 1.90. The first kappa shape index (κ1) is 14.3. The van der Waals surface area contributed by atoms with Crippen LogP contribution in [-0.4, -0.2) is 37.1 Å². The Morgan fingerprint density at radius 2 is 2.14 bits per heavy atom. The molecule has 0 spiro atoms. The predicted molar refractivity (Wildman–Crippen MR) is 79.7 cm³/mol. The van der Waals surface area contributed by atoms with Crippen molar-refractivity contribution in [1.82, 2.24) is 30.5 Å². The minimum Gasteiger partial charge on any atom is -0.349 e. The second kappa shape index (κ2) is 6.00. The highest BCUT2D eigenvalue weighted by molar-refractivity contribution is 5.99. The molecule has 0 unspecified atom stereocenters. The molecule has 3 rings (SSSR count). The van der Waals surface area contributed by atoms with Gasteiger partial charge in [0, 0.05) is 12.5 Å². The van der Waals surface area contributed by atoms with Crippen molar-refractivity contribution in [2.75, 3.05) is 5.32 Å². The molecule has 1 fully saturated rings. The molecule has 0 atom stereocenters. The van der Waals surface area contributed by atoms with Crippen molar-refractivity contribution in [2.24, 2.45) is 0 Å². The summed E-state index contributed by atoms with van der Waals surface area (Å²) in [4.78, 5) is 25.0. The molecule has 2 heterocycles. The van der Waals surface area contributed by atoms with Crippen molar-refractivity contribution in [2.45, 2.75) is 39.2 Å². The lowest BCUT2D eigenvalue weighted by Crippen LogP contribution is -2.26. The Morgan fingerprint density at radius 1 is 1.32 bits per heavy atom. The second-order valence-corrected chi connectivity index (χ2v) is 5.14. The van der Waals surface area contributed by atoms with Gasteiger partial charge in [-0.05, 0) is 25.8 Å². The van der Waals surface area contributed by atoms with Crippen molar-refractivity contribution in [1.29, 1.82) is 0 Å². The normalized spacial score (nSPS) is 13.7. The van der Waals surface area contributed by atoms with Crippen LogP contribution in [0, 0.1) is 6.92 Å². The van der Waals surface area contributed by atoms with Crippen LogP contribution in [0.1, 0.15) is 41.8 Å². The van der Waals surface area contributed by atoms with Gasteiger partial charge in [0.15, 0.2) is 5.82 Å². The highest BCUT2D eigenvalue weighted by Crippen LogP contribution is 2.21. The number of nitrogens with zero attached hydrogens (tertiary/aromatic N) is 5. The number of nitrogens with one attached hydrogen (secondary N) is 2. The van der Waals surface area contributed by atoms with Gasteiger partial charge in [0.1, 0.15) is 11.6 Å². The second-order valence-electron chi connectivity index (χ2n) is 5.14. The monoisotopic (exact) mass is 299 g/mol. The van der Waals surface area contributed by atoms with Crippen molar-refractivity contribution >= 4 is 17.7 Å². The van der Waals surface area contributed by atoms with Gasteiger partial charge in [0.25, 0.3) is 5.91 Å². The van der Waals surface area contributed by atoms with E-state index in [1.165, 1.54) is 6.20 Å². The zero-order valence-corrected chi connectivity index (χ0v) is 12.5. The van der Waals surface area contributed by atoms with Gasteiger partial charge in [0.05, 0.1) is 11.8 Å². The van der Waals surface area contributed by atoms with Crippen LogP contribution in [0.5, 0.6) is 0 Å². The first-order valence-corrected chi connectivity index (χ1v) is 7.27. The molecule has 1 aliphatic rings. The third-order valence-electron chi connectivity index (χ3n) is 3.22. The maximum atomic E-state index is 12.2. The lowest BCUT2D eigenvalue weighted by atomic mass is 10.2. The van der Waals surface area contributed by atoms with Gasteiger partial charge in [-0.2, -0.15) is 15.1 Å². The molecule has 1 amide bonds. The number of rotatable bonds is 5. The number of carbonyl (C=O) groups is 1. The summed E-state index contributed by atoms with van der Waals surface area (Å²) in [6.07, 6.45) is 4.25. The molecular weight excluding hydrogens is 282 g/mol. The van der Waals surface area contributed by atoms with Gasteiger partial charge in [-0.15, -0.1) is 5.10 Å². The largest absolute Gasteiger partial charge is 0.349 e. The summed E-state index contributed by atoms with van der Waals surface area (Å²) in [5.74, 6) is 1.84. The van der Waals surface area contributed by atoms with Crippen molar-refractivity contribution < 1.29 is 4.79 Å². The van der Waals surface area contributed by atoms with Crippen LogP contribution in [-0.2, 0) is 6.42 Å². The van der Waals surface area contributed by atoms with Crippen molar-refractivity contribution in [3.05, 3.63) is 29.5 Å². The molecular formula is C14H17N7O. The van der Waals surface area contributed by atoms with Crippen molar-refractivity contribution in [3.8, 4) is 0 Å². The molecule has 2 aromatic rings. The number of amides is 1. The predicted octanol–water partition coefficient (Wildman–Crippen LogP) is 1.17. The lowest BCUT2D eigenvalue weighted by molar-refractivity contribution is 0.0951. The van der Waals surface area contributed by atoms with E-state index in [0.29, 0.717) is 35.4 Å². The summed E-state index contributed by atoms with van der Waals surface area (Å²) in [7, 11) is 0. The van der Waals surface area contributed by atoms with Gasteiger partial charge < -0.3 is 10.6 Å². The van der Waals surface area contributed by atoms with E-state index in [-0.39, 0.29) is 11.9 Å². The first-order chi connectivity index (χ1) is 10.7. The maximum Gasteiger partial charge on any atom is 0.255 e. The Labute approximate surface area is 127 Å². The van der Waals surface area contributed by atoms with Gasteiger partial charge in [-0.3, -0.25) is 4.79 Å². The number of anilines is 2. The molecule has 8 heteroatoms. The number of hydrogen-bond donors (Lipinski definition) is 2. The fourth-order valence-corrected chi connectivity index (χ4v) is 1.96. The number of aryl methyl sites for hydroxylation is 2. The summed E-state index contributed by atoms with van der Waals surface area (Å²) in [5, 5.41) is 13.7. The molecule has 8 nitrogen and oxygen atoms in total. The maximum absolute atomic E-state index is 12.2. The first-order valence-electron chi connectivity index (χ1n) is 7.27. The molecule has 1 saturated carbocycles. The van der Waals surface area contributed by atoms with E-state index >= 15 is 0 Å². The highest BCUT2D eigenvalue weighted by atomic mass is 16.1. The van der Waals surface area contributed by atoms with Crippen molar-refractivity contribution in [3.63, 3.8) is 0 Å².